The van der Waals surface area contributed by atoms with Gasteiger partial charge in [-0.25, -0.2) is 0 Å². The summed E-state index contributed by atoms with van der Waals surface area (Å²) < 4.78 is 0.955. The first-order chi connectivity index (χ1) is 8.25. The molecule has 3 heteroatoms. The maximum absolute atomic E-state index is 12.2. The Morgan fingerprint density at radius 2 is 2.00 bits per heavy atom. The van der Waals surface area contributed by atoms with E-state index in [1.54, 1.807) is 12.4 Å². The highest BCUT2D eigenvalue weighted by atomic mass is 79.9. The molecule has 0 radical (unpaired) electrons. The summed E-state index contributed by atoms with van der Waals surface area (Å²) in [4.78, 5) is 16.3. The van der Waals surface area contributed by atoms with Gasteiger partial charge in [0, 0.05) is 29.2 Å². The lowest BCUT2D eigenvalue weighted by Crippen LogP contribution is -2.07. The molecule has 2 aliphatic rings. The zero-order valence-electron chi connectivity index (χ0n) is 9.73. The fourth-order valence-corrected chi connectivity index (χ4v) is 3.75. The van der Waals surface area contributed by atoms with E-state index in [2.05, 4.69) is 20.9 Å². The van der Waals surface area contributed by atoms with Gasteiger partial charge in [-0.15, -0.1) is 0 Å². The summed E-state index contributed by atoms with van der Waals surface area (Å²) in [7, 11) is 0. The second kappa shape index (κ2) is 4.52. The van der Waals surface area contributed by atoms with Crippen molar-refractivity contribution in [2.45, 2.75) is 32.1 Å². The highest BCUT2D eigenvalue weighted by Gasteiger charge is 2.53. The lowest BCUT2D eigenvalue weighted by Gasteiger charge is -2.04. The van der Waals surface area contributed by atoms with Crippen LogP contribution < -0.4 is 0 Å². The van der Waals surface area contributed by atoms with E-state index >= 15 is 0 Å². The SMILES string of the molecule is O=C(Cc1cncc(Br)c1)C1C2CCCCC21. The Bertz CT molecular complexity index is 434. The van der Waals surface area contributed by atoms with Crippen LogP contribution in [0.1, 0.15) is 31.2 Å². The zero-order valence-corrected chi connectivity index (χ0v) is 11.3. The Morgan fingerprint density at radius 3 is 2.65 bits per heavy atom. The Labute approximate surface area is 110 Å². The molecular formula is C14H16BrNO. The first kappa shape index (κ1) is 11.4. The first-order valence-electron chi connectivity index (χ1n) is 6.38. The summed E-state index contributed by atoms with van der Waals surface area (Å²) in [6, 6.07) is 2.00. The third-order valence-electron chi connectivity index (χ3n) is 4.17. The molecule has 2 aliphatic carbocycles. The fourth-order valence-electron chi connectivity index (χ4n) is 3.34. The van der Waals surface area contributed by atoms with Crippen LogP contribution in [-0.4, -0.2) is 10.8 Å². The van der Waals surface area contributed by atoms with Gasteiger partial charge in [-0.2, -0.15) is 0 Å². The van der Waals surface area contributed by atoms with Crippen molar-refractivity contribution >= 4 is 21.7 Å². The van der Waals surface area contributed by atoms with Gasteiger partial charge < -0.3 is 0 Å². The van der Waals surface area contributed by atoms with Crippen LogP contribution in [0.4, 0.5) is 0 Å². The monoisotopic (exact) mass is 293 g/mol. The lowest BCUT2D eigenvalue weighted by molar-refractivity contribution is -0.120. The molecule has 0 spiro atoms. The maximum atomic E-state index is 12.2. The average molecular weight is 294 g/mol. The van der Waals surface area contributed by atoms with Gasteiger partial charge in [-0.3, -0.25) is 9.78 Å². The molecule has 0 aromatic carbocycles. The van der Waals surface area contributed by atoms with Gasteiger partial charge in [0.25, 0.3) is 0 Å². The van der Waals surface area contributed by atoms with Gasteiger partial charge in [0.1, 0.15) is 5.78 Å². The van der Waals surface area contributed by atoms with E-state index in [-0.39, 0.29) is 0 Å². The van der Waals surface area contributed by atoms with Gasteiger partial charge in [0.15, 0.2) is 0 Å². The molecule has 0 N–H and O–H groups in total. The predicted octanol–water partition coefficient (Wildman–Crippen LogP) is 3.39. The number of ketones is 1. The summed E-state index contributed by atoms with van der Waals surface area (Å²) in [6.07, 6.45) is 9.31. The Kier molecular flexibility index (Phi) is 3.03. The molecule has 1 aromatic rings. The molecule has 2 fully saturated rings. The smallest absolute Gasteiger partial charge is 0.140 e. The minimum Gasteiger partial charge on any atom is -0.299 e. The number of aromatic nitrogens is 1. The average Bonchev–Trinajstić information content (AvgIpc) is 3.03. The molecule has 2 atom stereocenters. The molecule has 2 unspecified atom stereocenters. The van der Waals surface area contributed by atoms with Crippen molar-refractivity contribution in [2.75, 3.05) is 0 Å². The van der Waals surface area contributed by atoms with E-state index in [4.69, 9.17) is 0 Å². The molecule has 2 saturated carbocycles. The molecule has 2 nitrogen and oxygen atoms in total. The largest absolute Gasteiger partial charge is 0.299 e. The van der Waals surface area contributed by atoms with E-state index in [0.717, 1.165) is 21.9 Å². The lowest BCUT2D eigenvalue weighted by atomic mass is 10.0. The van der Waals surface area contributed by atoms with Crippen LogP contribution in [0.15, 0.2) is 22.9 Å². The number of fused-ring (bicyclic) bond motifs is 1. The van der Waals surface area contributed by atoms with Gasteiger partial charge in [-0.05, 0) is 52.2 Å². The summed E-state index contributed by atoms with van der Waals surface area (Å²) in [5, 5.41) is 0. The first-order valence-corrected chi connectivity index (χ1v) is 7.17. The second-order valence-electron chi connectivity index (χ2n) is 5.29. The summed E-state index contributed by atoms with van der Waals surface area (Å²) in [5.41, 5.74) is 1.04. The molecule has 1 heterocycles. The number of Topliss-reactive ketones (excluding diaryl/α,β-unsaturated/α-hetero) is 1. The van der Waals surface area contributed by atoms with Crippen molar-refractivity contribution in [1.82, 2.24) is 4.98 Å². The summed E-state index contributed by atoms with van der Waals surface area (Å²) >= 11 is 3.39. The highest BCUT2D eigenvalue weighted by molar-refractivity contribution is 9.10. The fraction of sp³-hybridized carbons (Fsp3) is 0.571. The Morgan fingerprint density at radius 1 is 1.29 bits per heavy atom. The van der Waals surface area contributed by atoms with Crippen molar-refractivity contribution in [3.8, 4) is 0 Å². The number of hydrogen-bond donors (Lipinski definition) is 0. The second-order valence-corrected chi connectivity index (χ2v) is 6.21. The number of rotatable bonds is 3. The quantitative estimate of drug-likeness (QED) is 0.855. The number of carbonyl (C=O) groups excluding carboxylic acids is 1. The van der Waals surface area contributed by atoms with Crippen molar-refractivity contribution in [2.24, 2.45) is 17.8 Å². The minimum atomic E-state index is 0.372. The van der Waals surface area contributed by atoms with Crippen molar-refractivity contribution < 1.29 is 4.79 Å². The van der Waals surface area contributed by atoms with Gasteiger partial charge >= 0.3 is 0 Å². The van der Waals surface area contributed by atoms with Crippen LogP contribution in [0.5, 0.6) is 0 Å². The number of pyridine rings is 1. The Balaban J connectivity index is 1.64. The molecule has 3 rings (SSSR count). The molecule has 0 saturated heterocycles. The molecule has 0 aliphatic heterocycles. The van der Waals surface area contributed by atoms with Gasteiger partial charge in [0.05, 0.1) is 0 Å². The predicted molar refractivity (Wildman–Crippen MR) is 69.6 cm³/mol. The molecule has 90 valence electrons. The number of nitrogens with zero attached hydrogens (tertiary/aromatic N) is 1. The van der Waals surface area contributed by atoms with Crippen LogP contribution in [0, 0.1) is 17.8 Å². The number of carbonyl (C=O) groups is 1. The van der Waals surface area contributed by atoms with Crippen LogP contribution in [0.25, 0.3) is 0 Å². The van der Waals surface area contributed by atoms with E-state index in [9.17, 15) is 4.79 Å². The Hall–Kier alpha value is -0.700. The zero-order chi connectivity index (χ0) is 11.8. The van der Waals surface area contributed by atoms with Crippen LogP contribution in [-0.2, 0) is 11.2 Å². The van der Waals surface area contributed by atoms with Crippen LogP contribution in [0.3, 0.4) is 0 Å². The molecular weight excluding hydrogens is 278 g/mol. The van der Waals surface area contributed by atoms with Crippen LogP contribution >= 0.6 is 15.9 Å². The van der Waals surface area contributed by atoms with E-state index in [1.807, 2.05) is 6.07 Å². The van der Waals surface area contributed by atoms with Crippen molar-refractivity contribution in [3.05, 3.63) is 28.5 Å². The van der Waals surface area contributed by atoms with Crippen LogP contribution in [0.2, 0.25) is 0 Å². The molecule has 17 heavy (non-hydrogen) atoms. The molecule has 1 aromatic heterocycles. The van der Waals surface area contributed by atoms with Gasteiger partial charge in [0.2, 0.25) is 0 Å². The van der Waals surface area contributed by atoms with Gasteiger partial charge in [-0.1, -0.05) is 12.8 Å². The number of halogens is 1. The summed E-state index contributed by atoms with van der Waals surface area (Å²) in [6.45, 7) is 0. The minimum absolute atomic E-state index is 0.372. The van der Waals surface area contributed by atoms with E-state index in [0.29, 0.717) is 18.1 Å². The standard InChI is InChI=1S/C14H16BrNO/c15-10-5-9(7-16-8-10)6-13(17)14-11-3-1-2-4-12(11)14/h5,7-8,11-12,14H,1-4,6H2. The third kappa shape index (κ3) is 2.30. The maximum Gasteiger partial charge on any atom is 0.140 e. The highest BCUT2D eigenvalue weighted by Crippen LogP contribution is 2.56. The van der Waals surface area contributed by atoms with E-state index < -0.39 is 0 Å². The van der Waals surface area contributed by atoms with Crippen molar-refractivity contribution in [1.29, 1.82) is 0 Å². The molecule has 0 bridgehead atoms. The van der Waals surface area contributed by atoms with E-state index in [1.165, 1.54) is 25.7 Å². The number of hydrogen-bond acceptors (Lipinski definition) is 2. The third-order valence-corrected chi connectivity index (χ3v) is 4.60. The summed E-state index contributed by atoms with van der Waals surface area (Å²) in [5.74, 6) is 2.24. The normalized spacial score (nSPS) is 30.8. The topological polar surface area (TPSA) is 30.0 Å². The molecule has 0 amide bonds. The van der Waals surface area contributed by atoms with Crippen molar-refractivity contribution in [3.63, 3.8) is 0 Å².